The Hall–Kier alpha value is -2.47. The van der Waals surface area contributed by atoms with Crippen LogP contribution in [0.3, 0.4) is 0 Å². The molecule has 6 nitrogen and oxygen atoms in total. The molecule has 2 aliphatic rings. The number of nitrogens with one attached hydrogen (secondary N) is 1. The first-order valence-electron chi connectivity index (χ1n) is 8.02. The minimum Gasteiger partial charge on any atom is -0.480 e. The molecule has 2 aromatic rings. The lowest BCUT2D eigenvalue weighted by molar-refractivity contribution is -0.223. The maximum atomic E-state index is 12.5. The minimum absolute atomic E-state index is 0.143. The summed E-state index contributed by atoms with van der Waals surface area (Å²) < 4.78 is 10.7. The maximum absolute atomic E-state index is 12.5. The number of likely N-dealkylation sites (N-methyl/N-ethyl adjacent to an activating group) is 1. The number of aliphatic hydroxyl groups is 1. The molecule has 6 heteroatoms. The van der Waals surface area contributed by atoms with E-state index < -0.39 is 17.8 Å². The topological polar surface area (TPSA) is 74.8 Å². The third-order valence-corrected chi connectivity index (χ3v) is 4.68. The van der Waals surface area contributed by atoms with Gasteiger partial charge in [0.25, 0.3) is 11.7 Å². The van der Waals surface area contributed by atoms with Gasteiger partial charge in [-0.05, 0) is 25.1 Å². The maximum Gasteiger partial charge on any atom is 0.346 e. The van der Waals surface area contributed by atoms with Gasteiger partial charge in [0.15, 0.2) is 0 Å². The molecule has 0 unspecified atom stereocenters. The molecule has 0 amide bonds. The Kier molecular flexibility index (Phi) is 3.15. The van der Waals surface area contributed by atoms with E-state index in [1.807, 2.05) is 30.1 Å². The number of carbonyl (C=O) groups excluding carboxylic acids is 1. The number of hydrogen-bond acceptors (Lipinski definition) is 5. The smallest absolute Gasteiger partial charge is 0.346 e. The zero-order valence-electron chi connectivity index (χ0n) is 13.9. The van der Waals surface area contributed by atoms with Gasteiger partial charge in [0.1, 0.15) is 5.57 Å². The van der Waals surface area contributed by atoms with Crippen molar-refractivity contribution in [1.82, 2.24) is 9.88 Å². The quantitative estimate of drug-likeness (QED) is 0.787. The van der Waals surface area contributed by atoms with Gasteiger partial charge in [-0.1, -0.05) is 18.2 Å². The summed E-state index contributed by atoms with van der Waals surface area (Å²) in [6.07, 6.45) is 0.877. The predicted molar refractivity (Wildman–Crippen MR) is 88.3 cm³/mol. The number of cyclic esters (lactones) is 1. The number of carbonyl (C=O) groups is 1. The second-order valence-electron chi connectivity index (χ2n) is 6.81. The van der Waals surface area contributed by atoms with Gasteiger partial charge in [-0.3, -0.25) is 4.90 Å². The molecule has 2 N–H and O–H groups in total. The van der Waals surface area contributed by atoms with E-state index in [1.54, 1.807) is 13.8 Å². The Bertz CT molecular complexity index is 865. The van der Waals surface area contributed by atoms with E-state index >= 15 is 0 Å². The standard InChI is InChI=1S/C18H20N2O4/c1-18(2)23-16(21)13(17(22)24-18)15-14-11(8-9-20(15)3)10-6-4-5-7-12(10)19-14/h4-7,15,19,21H,8-9H2,1-3H3/t15-/m0/s1. The molecule has 126 valence electrons. The summed E-state index contributed by atoms with van der Waals surface area (Å²) >= 11 is 0. The molecule has 1 atom stereocenters. The lowest BCUT2D eigenvalue weighted by Crippen LogP contribution is -2.42. The molecule has 1 aromatic heterocycles. The largest absolute Gasteiger partial charge is 0.480 e. The van der Waals surface area contributed by atoms with Crippen LogP contribution >= 0.6 is 0 Å². The van der Waals surface area contributed by atoms with Crippen LogP contribution in [-0.2, 0) is 20.7 Å². The van der Waals surface area contributed by atoms with Crippen molar-refractivity contribution in [3.63, 3.8) is 0 Å². The molecule has 0 fully saturated rings. The highest BCUT2D eigenvalue weighted by molar-refractivity contribution is 5.92. The molecule has 0 saturated heterocycles. The number of rotatable bonds is 1. The fourth-order valence-electron chi connectivity index (χ4n) is 3.63. The molecule has 1 aromatic carbocycles. The normalized spacial score (nSPS) is 23.8. The van der Waals surface area contributed by atoms with Gasteiger partial charge in [-0.15, -0.1) is 0 Å². The Morgan fingerprint density at radius 3 is 2.79 bits per heavy atom. The summed E-state index contributed by atoms with van der Waals surface area (Å²) in [5.74, 6) is -2.08. The predicted octanol–water partition coefficient (Wildman–Crippen LogP) is 2.78. The number of H-pyrrole nitrogens is 1. The summed E-state index contributed by atoms with van der Waals surface area (Å²) in [4.78, 5) is 18.0. The van der Waals surface area contributed by atoms with Crippen molar-refractivity contribution in [1.29, 1.82) is 0 Å². The molecular weight excluding hydrogens is 308 g/mol. The highest BCUT2D eigenvalue weighted by Crippen LogP contribution is 2.41. The molecule has 0 bridgehead atoms. The first-order chi connectivity index (χ1) is 11.4. The third-order valence-electron chi connectivity index (χ3n) is 4.68. The average Bonchev–Trinajstić information content (AvgIpc) is 2.86. The van der Waals surface area contributed by atoms with Gasteiger partial charge in [-0.25, -0.2) is 4.79 Å². The number of hydrogen-bond donors (Lipinski definition) is 2. The molecular formula is C18H20N2O4. The zero-order valence-corrected chi connectivity index (χ0v) is 13.9. The van der Waals surface area contributed by atoms with E-state index in [0.717, 1.165) is 29.6 Å². The highest BCUT2D eigenvalue weighted by atomic mass is 16.8. The van der Waals surface area contributed by atoms with Crippen LogP contribution in [0.1, 0.15) is 31.1 Å². The van der Waals surface area contributed by atoms with E-state index in [0.29, 0.717) is 0 Å². The van der Waals surface area contributed by atoms with Crippen LogP contribution in [0, 0.1) is 0 Å². The Labute approximate surface area is 139 Å². The summed E-state index contributed by atoms with van der Waals surface area (Å²) in [6.45, 7) is 3.96. The van der Waals surface area contributed by atoms with Crippen molar-refractivity contribution in [2.24, 2.45) is 0 Å². The van der Waals surface area contributed by atoms with E-state index in [9.17, 15) is 9.90 Å². The van der Waals surface area contributed by atoms with Crippen LogP contribution in [0.15, 0.2) is 35.8 Å². The second-order valence-corrected chi connectivity index (χ2v) is 6.81. The highest BCUT2D eigenvalue weighted by Gasteiger charge is 2.44. The first kappa shape index (κ1) is 15.1. The number of nitrogens with zero attached hydrogens (tertiary/aromatic N) is 1. The second kappa shape index (κ2) is 5.01. The molecule has 24 heavy (non-hydrogen) atoms. The summed E-state index contributed by atoms with van der Waals surface area (Å²) in [5, 5.41) is 11.5. The van der Waals surface area contributed by atoms with Crippen LogP contribution in [0.5, 0.6) is 0 Å². The number of aromatic nitrogens is 1. The summed E-state index contributed by atoms with van der Waals surface area (Å²) in [7, 11) is 1.92. The third kappa shape index (κ3) is 2.17. The van der Waals surface area contributed by atoms with Crippen molar-refractivity contribution in [3.8, 4) is 0 Å². The Morgan fingerprint density at radius 1 is 1.29 bits per heavy atom. The number of aliphatic hydroxyl groups excluding tert-OH is 1. The van der Waals surface area contributed by atoms with Crippen LogP contribution in [0.4, 0.5) is 0 Å². The van der Waals surface area contributed by atoms with Gasteiger partial charge in [0.05, 0.1) is 6.04 Å². The van der Waals surface area contributed by atoms with Gasteiger partial charge >= 0.3 is 5.97 Å². The number of benzene rings is 1. The van der Waals surface area contributed by atoms with Crippen molar-refractivity contribution in [2.75, 3.05) is 13.6 Å². The number of aromatic amines is 1. The fraction of sp³-hybridized carbons (Fsp3) is 0.389. The Morgan fingerprint density at radius 2 is 2.04 bits per heavy atom. The lowest BCUT2D eigenvalue weighted by atomic mass is 9.92. The number of fused-ring (bicyclic) bond motifs is 3. The molecule has 4 rings (SSSR count). The van der Waals surface area contributed by atoms with Crippen LogP contribution in [0.2, 0.25) is 0 Å². The fourth-order valence-corrected chi connectivity index (χ4v) is 3.63. The van der Waals surface area contributed by atoms with E-state index in [-0.39, 0.29) is 11.5 Å². The summed E-state index contributed by atoms with van der Waals surface area (Å²) in [5.41, 5.74) is 3.25. The van der Waals surface area contributed by atoms with E-state index in [4.69, 9.17) is 9.47 Å². The van der Waals surface area contributed by atoms with E-state index in [1.165, 1.54) is 5.56 Å². The number of ether oxygens (including phenoxy) is 2. The molecule has 0 aliphatic carbocycles. The van der Waals surface area contributed by atoms with Crippen molar-refractivity contribution in [2.45, 2.75) is 32.1 Å². The minimum atomic E-state index is -1.17. The Balaban J connectivity index is 1.89. The van der Waals surface area contributed by atoms with Crippen LogP contribution in [-0.4, -0.2) is 40.3 Å². The van der Waals surface area contributed by atoms with Crippen molar-refractivity contribution in [3.05, 3.63) is 47.0 Å². The molecule has 2 aliphatic heterocycles. The van der Waals surface area contributed by atoms with Gasteiger partial charge in [0.2, 0.25) is 0 Å². The zero-order chi connectivity index (χ0) is 17.1. The van der Waals surface area contributed by atoms with Crippen molar-refractivity contribution < 1.29 is 19.4 Å². The molecule has 0 saturated carbocycles. The molecule has 0 radical (unpaired) electrons. The van der Waals surface area contributed by atoms with Crippen LogP contribution in [0.25, 0.3) is 10.9 Å². The van der Waals surface area contributed by atoms with Gasteiger partial charge in [0, 0.05) is 37.0 Å². The van der Waals surface area contributed by atoms with Crippen LogP contribution < -0.4 is 0 Å². The molecule has 0 spiro atoms. The number of esters is 1. The SMILES string of the molecule is CN1CCc2c([nH]c3ccccc23)[C@@H]1C1=C(O)OC(C)(C)OC1=O. The summed E-state index contributed by atoms with van der Waals surface area (Å²) in [6, 6.07) is 7.63. The van der Waals surface area contributed by atoms with Gasteiger partial charge in [-0.2, -0.15) is 0 Å². The van der Waals surface area contributed by atoms with E-state index in [2.05, 4.69) is 11.1 Å². The first-order valence-corrected chi connectivity index (χ1v) is 8.02. The van der Waals surface area contributed by atoms with Crippen molar-refractivity contribution >= 4 is 16.9 Å². The monoisotopic (exact) mass is 328 g/mol. The molecule has 3 heterocycles. The van der Waals surface area contributed by atoms with Gasteiger partial charge < -0.3 is 19.6 Å². The number of para-hydroxylation sites is 1. The average molecular weight is 328 g/mol. The lowest BCUT2D eigenvalue weighted by Gasteiger charge is -2.37.